The lowest BCUT2D eigenvalue weighted by molar-refractivity contribution is 0.550. The van der Waals surface area contributed by atoms with E-state index in [0.717, 1.165) is 24.2 Å². The predicted octanol–water partition coefficient (Wildman–Crippen LogP) is 5.92. The summed E-state index contributed by atoms with van der Waals surface area (Å²) in [6, 6.07) is 15.0. The summed E-state index contributed by atoms with van der Waals surface area (Å²) in [7, 11) is 4.09. The zero-order valence-electron chi connectivity index (χ0n) is 17.5. The maximum absolute atomic E-state index is 4.66. The standard InChI is InChI=1S/C24H31N3/c1-7-14-27-23-13-8-19(15-22(23)18(2)16-24(27,3)4)17-25-20-9-11-21(12-10-20)26(5)6/h8-13,15-17H,7,14H2,1-6H3. The van der Waals surface area contributed by atoms with E-state index < -0.39 is 0 Å². The predicted molar refractivity (Wildman–Crippen MR) is 120 cm³/mol. The van der Waals surface area contributed by atoms with Crippen molar-refractivity contribution in [3.63, 3.8) is 0 Å². The van der Waals surface area contributed by atoms with Gasteiger partial charge in [0.2, 0.25) is 0 Å². The van der Waals surface area contributed by atoms with E-state index in [9.17, 15) is 0 Å². The topological polar surface area (TPSA) is 18.8 Å². The largest absolute Gasteiger partial charge is 0.378 e. The van der Waals surface area contributed by atoms with Crippen LogP contribution < -0.4 is 9.80 Å². The summed E-state index contributed by atoms with van der Waals surface area (Å²) in [4.78, 5) is 9.26. The van der Waals surface area contributed by atoms with E-state index in [0.29, 0.717) is 0 Å². The highest BCUT2D eigenvalue weighted by Crippen LogP contribution is 2.39. The summed E-state index contributed by atoms with van der Waals surface area (Å²) >= 11 is 0. The number of benzene rings is 2. The molecule has 0 radical (unpaired) electrons. The quantitative estimate of drug-likeness (QED) is 0.616. The Bertz CT molecular complexity index is 858. The molecule has 2 aromatic rings. The summed E-state index contributed by atoms with van der Waals surface area (Å²) in [6.07, 6.45) is 5.48. The zero-order valence-corrected chi connectivity index (χ0v) is 17.5. The first-order valence-corrected chi connectivity index (χ1v) is 9.75. The van der Waals surface area contributed by atoms with Gasteiger partial charge in [-0.05, 0) is 74.7 Å². The minimum atomic E-state index is 0.0525. The third-order valence-electron chi connectivity index (χ3n) is 5.18. The van der Waals surface area contributed by atoms with Gasteiger partial charge < -0.3 is 9.80 Å². The van der Waals surface area contributed by atoms with Crippen LogP contribution >= 0.6 is 0 Å². The van der Waals surface area contributed by atoms with Crippen LogP contribution in [0.2, 0.25) is 0 Å². The van der Waals surface area contributed by atoms with Gasteiger partial charge in [-0.15, -0.1) is 0 Å². The Morgan fingerprint density at radius 2 is 1.78 bits per heavy atom. The summed E-state index contributed by atoms with van der Waals surface area (Å²) < 4.78 is 0. The molecule has 0 N–H and O–H groups in total. The van der Waals surface area contributed by atoms with Gasteiger partial charge >= 0.3 is 0 Å². The Morgan fingerprint density at radius 1 is 1.07 bits per heavy atom. The molecule has 1 aliphatic heterocycles. The van der Waals surface area contributed by atoms with E-state index >= 15 is 0 Å². The molecule has 3 rings (SSSR count). The number of anilines is 2. The van der Waals surface area contributed by atoms with Crippen molar-refractivity contribution < 1.29 is 0 Å². The van der Waals surface area contributed by atoms with Crippen molar-refractivity contribution in [2.75, 3.05) is 30.4 Å². The monoisotopic (exact) mass is 361 g/mol. The maximum atomic E-state index is 4.66. The highest BCUT2D eigenvalue weighted by atomic mass is 15.2. The number of aliphatic imine (C=N–C) groups is 1. The fourth-order valence-electron chi connectivity index (χ4n) is 3.80. The van der Waals surface area contributed by atoms with Crippen LogP contribution in [0.4, 0.5) is 17.1 Å². The Balaban J connectivity index is 1.88. The lowest BCUT2D eigenvalue weighted by Gasteiger charge is -2.43. The molecule has 0 aromatic heterocycles. The molecule has 142 valence electrons. The molecular formula is C24H31N3. The molecule has 27 heavy (non-hydrogen) atoms. The molecule has 3 nitrogen and oxygen atoms in total. The molecule has 3 heteroatoms. The fraction of sp³-hybridized carbons (Fsp3) is 0.375. The van der Waals surface area contributed by atoms with Gasteiger partial charge in [0.05, 0.1) is 11.2 Å². The van der Waals surface area contributed by atoms with Gasteiger partial charge in [-0.3, -0.25) is 4.99 Å². The Hall–Kier alpha value is -2.55. The van der Waals surface area contributed by atoms with Crippen LogP contribution in [0.3, 0.4) is 0 Å². The van der Waals surface area contributed by atoms with E-state index in [1.807, 2.05) is 20.3 Å². The van der Waals surface area contributed by atoms with Gasteiger partial charge in [0.25, 0.3) is 0 Å². The van der Waals surface area contributed by atoms with Crippen molar-refractivity contribution in [3.8, 4) is 0 Å². The molecule has 0 unspecified atom stereocenters. The first-order valence-electron chi connectivity index (χ1n) is 9.75. The number of hydrogen-bond acceptors (Lipinski definition) is 3. The molecule has 1 aliphatic rings. The summed E-state index contributed by atoms with van der Waals surface area (Å²) in [5.74, 6) is 0. The minimum Gasteiger partial charge on any atom is -0.378 e. The van der Waals surface area contributed by atoms with Crippen molar-refractivity contribution in [3.05, 3.63) is 59.7 Å². The number of hydrogen-bond donors (Lipinski definition) is 0. The lowest BCUT2D eigenvalue weighted by atomic mass is 9.88. The SMILES string of the molecule is CCCN1c2ccc(C=Nc3ccc(N(C)C)cc3)cc2C(C)=CC1(C)C. The second-order valence-corrected chi connectivity index (χ2v) is 8.08. The van der Waals surface area contributed by atoms with Crippen LogP contribution in [0, 0.1) is 0 Å². The highest BCUT2D eigenvalue weighted by molar-refractivity contribution is 5.88. The normalized spacial score (nSPS) is 15.6. The first-order chi connectivity index (χ1) is 12.8. The molecule has 0 saturated carbocycles. The molecule has 1 heterocycles. The van der Waals surface area contributed by atoms with Crippen LogP contribution in [0.15, 0.2) is 53.5 Å². The van der Waals surface area contributed by atoms with Crippen LogP contribution in [0.5, 0.6) is 0 Å². The van der Waals surface area contributed by atoms with Crippen LogP contribution in [-0.4, -0.2) is 32.4 Å². The average molecular weight is 362 g/mol. The van der Waals surface area contributed by atoms with Crippen LogP contribution in [0.1, 0.15) is 45.2 Å². The number of allylic oxidation sites excluding steroid dienone is 1. The van der Waals surface area contributed by atoms with Crippen molar-refractivity contribution in [2.24, 2.45) is 4.99 Å². The number of fused-ring (bicyclic) bond motifs is 1. The van der Waals surface area contributed by atoms with E-state index in [4.69, 9.17) is 0 Å². The van der Waals surface area contributed by atoms with Crippen molar-refractivity contribution in [1.29, 1.82) is 0 Å². The van der Waals surface area contributed by atoms with Crippen LogP contribution in [-0.2, 0) is 0 Å². The summed E-state index contributed by atoms with van der Waals surface area (Å²) in [6.45, 7) is 10.1. The van der Waals surface area contributed by atoms with E-state index in [1.165, 1.54) is 22.5 Å². The van der Waals surface area contributed by atoms with Gasteiger partial charge in [0.1, 0.15) is 0 Å². The molecule has 0 saturated heterocycles. The van der Waals surface area contributed by atoms with Gasteiger partial charge in [0, 0.05) is 43.8 Å². The molecule has 0 spiro atoms. The molecule has 2 aromatic carbocycles. The van der Waals surface area contributed by atoms with Gasteiger partial charge in [-0.2, -0.15) is 0 Å². The highest BCUT2D eigenvalue weighted by Gasteiger charge is 2.30. The Kier molecular flexibility index (Phi) is 5.41. The van der Waals surface area contributed by atoms with Crippen molar-refractivity contribution >= 4 is 28.8 Å². The van der Waals surface area contributed by atoms with Crippen molar-refractivity contribution in [1.82, 2.24) is 0 Å². The maximum Gasteiger partial charge on any atom is 0.0631 e. The van der Waals surface area contributed by atoms with E-state index in [1.54, 1.807) is 0 Å². The third-order valence-corrected chi connectivity index (χ3v) is 5.18. The lowest BCUT2D eigenvalue weighted by Crippen LogP contribution is -2.45. The number of rotatable bonds is 5. The van der Waals surface area contributed by atoms with E-state index in [-0.39, 0.29) is 5.54 Å². The van der Waals surface area contributed by atoms with Crippen LogP contribution in [0.25, 0.3) is 5.57 Å². The molecule has 0 aliphatic carbocycles. The smallest absolute Gasteiger partial charge is 0.0631 e. The van der Waals surface area contributed by atoms with Crippen molar-refractivity contribution in [2.45, 2.75) is 39.7 Å². The second-order valence-electron chi connectivity index (χ2n) is 8.08. The van der Waals surface area contributed by atoms with Gasteiger partial charge in [-0.1, -0.05) is 19.1 Å². The third kappa shape index (κ3) is 4.08. The van der Waals surface area contributed by atoms with Gasteiger partial charge in [-0.25, -0.2) is 0 Å². The minimum absolute atomic E-state index is 0.0525. The van der Waals surface area contributed by atoms with Gasteiger partial charge in [0.15, 0.2) is 0 Å². The fourth-order valence-corrected chi connectivity index (χ4v) is 3.80. The molecule has 0 amide bonds. The summed E-state index contributed by atoms with van der Waals surface area (Å²) in [5, 5.41) is 0. The first kappa shape index (κ1) is 19.2. The Morgan fingerprint density at radius 3 is 2.41 bits per heavy atom. The Labute approximate surface area is 164 Å². The average Bonchev–Trinajstić information content (AvgIpc) is 2.63. The molecular weight excluding hydrogens is 330 g/mol. The second kappa shape index (κ2) is 7.59. The molecule has 0 bridgehead atoms. The molecule has 0 atom stereocenters. The zero-order chi connectivity index (χ0) is 19.6. The molecule has 0 fully saturated rings. The number of nitrogens with zero attached hydrogens (tertiary/aromatic N) is 3. The van der Waals surface area contributed by atoms with E-state index in [2.05, 4.69) is 91.0 Å². The summed E-state index contributed by atoms with van der Waals surface area (Å²) in [5.41, 5.74) is 7.32.